The lowest BCUT2D eigenvalue weighted by molar-refractivity contribution is -0.0240. The van der Waals surface area contributed by atoms with Crippen LogP contribution in [0.5, 0.6) is 0 Å². The van der Waals surface area contributed by atoms with E-state index in [2.05, 4.69) is 11.9 Å². The third-order valence-electron chi connectivity index (χ3n) is 3.55. The molecule has 2 heteroatoms. The zero-order valence-corrected chi connectivity index (χ0v) is 7.87. The lowest BCUT2D eigenvalue weighted by Gasteiger charge is -2.44. The topological polar surface area (TPSA) is 23.5 Å². The van der Waals surface area contributed by atoms with E-state index in [9.17, 15) is 5.11 Å². The van der Waals surface area contributed by atoms with E-state index in [4.69, 9.17) is 0 Å². The third kappa shape index (κ3) is 1.38. The summed E-state index contributed by atoms with van der Waals surface area (Å²) in [5, 5.41) is 9.83. The standard InChI is InChI=1S/C10H19NO/c1-11-7-3-5-8-4-2-6-9(12)10(8)11/h8-10,12H,2-7H2,1H3/t8-,9+,10+/m0/s1. The first-order chi connectivity index (χ1) is 5.79. The average molecular weight is 169 g/mol. The summed E-state index contributed by atoms with van der Waals surface area (Å²) >= 11 is 0. The molecule has 2 rings (SSSR count). The quantitative estimate of drug-likeness (QED) is 0.590. The van der Waals surface area contributed by atoms with Gasteiger partial charge < -0.3 is 10.0 Å². The number of rotatable bonds is 0. The van der Waals surface area contributed by atoms with Crippen LogP contribution in [-0.2, 0) is 0 Å². The molecule has 1 N–H and O–H groups in total. The first kappa shape index (κ1) is 8.52. The van der Waals surface area contributed by atoms with Crippen LogP contribution in [-0.4, -0.2) is 35.7 Å². The van der Waals surface area contributed by atoms with Gasteiger partial charge in [0, 0.05) is 6.04 Å². The molecule has 1 saturated carbocycles. The minimum absolute atomic E-state index is 0.0472. The molecule has 0 unspecified atom stereocenters. The fraction of sp³-hybridized carbons (Fsp3) is 1.00. The minimum Gasteiger partial charge on any atom is -0.391 e. The second kappa shape index (κ2) is 3.35. The average Bonchev–Trinajstić information content (AvgIpc) is 2.04. The number of hydrogen-bond acceptors (Lipinski definition) is 2. The van der Waals surface area contributed by atoms with Crippen molar-refractivity contribution in [3.8, 4) is 0 Å². The first-order valence-electron chi connectivity index (χ1n) is 5.17. The van der Waals surface area contributed by atoms with Gasteiger partial charge in [0.25, 0.3) is 0 Å². The smallest absolute Gasteiger partial charge is 0.0698 e. The highest BCUT2D eigenvalue weighted by atomic mass is 16.3. The summed E-state index contributed by atoms with van der Waals surface area (Å²) in [6.45, 7) is 1.18. The van der Waals surface area contributed by atoms with Crippen LogP contribution in [0.4, 0.5) is 0 Å². The highest BCUT2D eigenvalue weighted by Crippen LogP contribution is 2.34. The molecule has 1 aliphatic carbocycles. The molecule has 0 bridgehead atoms. The third-order valence-corrected chi connectivity index (χ3v) is 3.55. The van der Waals surface area contributed by atoms with E-state index in [1.807, 2.05) is 0 Å². The predicted octanol–water partition coefficient (Wildman–Crippen LogP) is 1.24. The van der Waals surface area contributed by atoms with Crippen molar-refractivity contribution in [2.45, 2.75) is 44.2 Å². The molecule has 2 aliphatic rings. The van der Waals surface area contributed by atoms with E-state index >= 15 is 0 Å². The summed E-state index contributed by atoms with van der Waals surface area (Å²) in [5.74, 6) is 0.785. The van der Waals surface area contributed by atoms with Gasteiger partial charge in [0.2, 0.25) is 0 Å². The second-order valence-electron chi connectivity index (χ2n) is 4.37. The molecule has 0 radical (unpaired) electrons. The van der Waals surface area contributed by atoms with Gasteiger partial charge >= 0.3 is 0 Å². The maximum atomic E-state index is 9.83. The van der Waals surface area contributed by atoms with Crippen LogP contribution >= 0.6 is 0 Å². The Labute approximate surface area is 74.6 Å². The van der Waals surface area contributed by atoms with Crippen LogP contribution in [0, 0.1) is 5.92 Å². The van der Waals surface area contributed by atoms with Gasteiger partial charge in [0.15, 0.2) is 0 Å². The van der Waals surface area contributed by atoms with E-state index in [1.54, 1.807) is 0 Å². The van der Waals surface area contributed by atoms with Gasteiger partial charge in [-0.1, -0.05) is 6.42 Å². The highest BCUT2D eigenvalue weighted by molar-refractivity contribution is 4.91. The van der Waals surface area contributed by atoms with Crippen molar-refractivity contribution in [2.24, 2.45) is 5.92 Å². The number of piperidine rings is 1. The van der Waals surface area contributed by atoms with E-state index in [0.717, 1.165) is 12.3 Å². The van der Waals surface area contributed by atoms with Crippen LogP contribution in [0.3, 0.4) is 0 Å². The Balaban J connectivity index is 2.07. The van der Waals surface area contributed by atoms with Gasteiger partial charge in [-0.15, -0.1) is 0 Å². The Morgan fingerprint density at radius 1 is 1.17 bits per heavy atom. The lowest BCUT2D eigenvalue weighted by atomic mass is 9.77. The summed E-state index contributed by atoms with van der Waals surface area (Å²) in [7, 11) is 2.16. The Morgan fingerprint density at radius 3 is 2.67 bits per heavy atom. The lowest BCUT2D eigenvalue weighted by Crippen LogP contribution is -2.51. The van der Waals surface area contributed by atoms with E-state index in [-0.39, 0.29) is 6.10 Å². The van der Waals surface area contributed by atoms with Crippen molar-refractivity contribution in [1.29, 1.82) is 0 Å². The Morgan fingerprint density at radius 2 is 1.92 bits per heavy atom. The summed E-state index contributed by atoms with van der Waals surface area (Å²) in [4.78, 5) is 2.36. The molecular weight excluding hydrogens is 150 g/mol. The van der Waals surface area contributed by atoms with Crippen LogP contribution in [0.25, 0.3) is 0 Å². The number of likely N-dealkylation sites (N-methyl/N-ethyl adjacent to an activating group) is 1. The van der Waals surface area contributed by atoms with Crippen LogP contribution in [0.2, 0.25) is 0 Å². The van der Waals surface area contributed by atoms with Crippen molar-refractivity contribution in [1.82, 2.24) is 4.90 Å². The number of nitrogens with zero attached hydrogens (tertiary/aromatic N) is 1. The summed E-state index contributed by atoms with van der Waals surface area (Å²) in [5.41, 5.74) is 0. The maximum absolute atomic E-state index is 9.83. The molecular formula is C10H19NO. The van der Waals surface area contributed by atoms with Gasteiger partial charge in [-0.2, -0.15) is 0 Å². The molecule has 0 aromatic rings. The van der Waals surface area contributed by atoms with E-state index < -0.39 is 0 Å². The van der Waals surface area contributed by atoms with Crippen molar-refractivity contribution >= 4 is 0 Å². The molecule has 0 aromatic heterocycles. The zero-order valence-electron chi connectivity index (χ0n) is 7.87. The van der Waals surface area contributed by atoms with Crippen molar-refractivity contribution in [2.75, 3.05) is 13.6 Å². The number of aliphatic hydroxyl groups excluding tert-OH is 1. The van der Waals surface area contributed by atoms with Crippen molar-refractivity contribution in [3.63, 3.8) is 0 Å². The molecule has 12 heavy (non-hydrogen) atoms. The van der Waals surface area contributed by atoms with Gasteiger partial charge in [-0.25, -0.2) is 0 Å². The summed E-state index contributed by atoms with van der Waals surface area (Å²) in [6.07, 6.45) is 6.21. The Hall–Kier alpha value is -0.0800. The second-order valence-corrected chi connectivity index (χ2v) is 4.37. The molecule has 1 saturated heterocycles. The molecule has 70 valence electrons. The summed E-state index contributed by atoms with van der Waals surface area (Å²) in [6, 6.07) is 0.479. The normalized spacial score (nSPS) is 44.0. The maximum Gasteiger partial charge on any atom is 0.0698 e. The zero-order chi connectivity index (χ0) is 8.55. The predicted molar refractivity (Wildman–Crippen MR) is 49.0 cm³/mol. The SMILES string of the molecule is CN1CCC[C@@H]2CCC[C@@H](O)[C@@H]21. The number of aliphatic hydroxyl groups is 1. The van der Waals surface area contributed by atoms with Crippen LogP contribution in [0.1, 0.15) is 32.1 Å². The van der Waals surface area contributed by atoms with Crippen molar-refractivity contribution in [3.05, 3.63) is 0 Å². The number of fused-ring (bicyclic) bond motifs is 1. The van der Waals surface area contributed by atoms with Crippen molar-refractivity contribution < 1.29 is 5.11 Å². The van der Waals surface area contributed by atoms with Crippen LogP contribution < -0.4 is 0 Å². The Kier molecular flexibility index (Phi) is 2.37. The molecule has 1 heterocycles. The first-order valence-corrected chi connectivity index (χ1v) is 5.17. The van der Waals surface area contributed by atoms with E-state index in [0.29, 0.717) is 6.04 Å². The largest absolute Gasteiger partial charge is 0.391 e. The van der Waals surface area contributed by atoms with Crippen LogP contribution in [0.15, 0.2) is 0 Å². The highest BCUT2D eigenvalue weighted by Gasteiger charge is 2.36. The van der Waals surface area contributed by atoms with E-state index in [1.165, 1.54) is 32.2 Å². The molecule has 0 aromatic carbocycles. The number of likely N-dealkylation sites (tertiary alicyclic amines) is 1. The molecule has 1 aliphatic heterocycles. The Bertz CT molecular complexity index is 144. The molecule has 2 fully saturated rings. The minimum atomic E-state index is -0.0472. The molecule has 0 spiro atoms. The van der Waals surface area contributed by atoms with Gasteiger partial charge in [0.05, 0.1) is 6.10 Å². The summed E-state index contributed by atoms with van der Waals surface area (Å²) < 4.78 is 0. The van der Waals surface area contributed by atoms with Gasteiger partial charge in [-0.05, 0) is 45.2 Å². The fourth-order valence-corrected chi connectivity index (χ4v) is 2.97. The monoisotopic (exact) mass is 169 g/mol. The van der Waals surface area contributed by atoms with Gasteiger partial charge in [0.1, 0.15) is 0 Å². The molecule has 2 nitrogen and oxygen atoms in total. The van der Waals surface area contributed by atoms with Gasteiger partial charge in [-0.3, -0.25) is 0 Å². The fourth-order valence-electron chi connectivity index (χ4n) is 2.97. The number of hydrogen-bond donors (Lipinski definition) is 1. The molecule has 3 atom stereocenters. The molecule has 0 amide bonds.